The molecule has 0 bridgehead atoms. The summed E-state index contributed by atoms with van der Waals surface area (Å²) < 4.78 is 5.21. The minimum Gasteiger partial charge on any atom is -0.379 e. The maximum absolute atomic E-state index is 12.0. The van der Waals surface area contributed by atoms with Crippen LogP contribution in [0.3, 0.4) is 0 Å². The Hall–Kier alpha value is -0.610. The molecule has 2 aliphatic rings. The Morgan fingerprint density at radius 2 is 2.19 bits per heavy atom. The summed E-state index contributed by atoms with van der Waals surface area (Å²) in [6.07, 6.45) is 4.73. The monoisotopic (exact) mass is 226 g/mol. The Morgan fingerprint density at radius 1 is 1.38 bits per heavy atom. The lowest BCUT2D eigenvalue weighted by molar-refractivity contribution is -0.126. The second-order valence-corrected chi connectivity index (χ2v) is 5.29. The molecule has 1 aliphatic carbocycles. The van der Waals surface area contributed by atoms with Crippen LogP contribution in [0.15, 0.2) is 0 Å². The van der Waals surface area contributed by atoms with Gasteiger partial charge in [-0.15, -0.1) is 0 Å². The topological polar surface area (TPSA) is 64.3 Å². The van der Waals surface area contributed by atoms with E-state index in [4.69, 9.17) is 10.5 Å². The maximum atomic E-state index is 12.0. The van der Waals surface area contributed by atoms with E-state index in [1.807, 2.05) is 0 Å². The van der Waals surface area contributed by atoms with Gasteiger partial charge in [0.2, 0.25) is 5.91 Å². The molecule has 4 heteroatoms. The van der Waals surface area contributed by atoms with Crippen LogP contribution in [0.4, 0.5) is 0 Å². The number of nitrogens with one attached hydrogen (secondary N) is 1. The van der Waals surface area contributed by atoms with Gasteiger partial charge in [0.15, 0.2) is 0 Å². The maximum Gasteiger partial charge on any atom is 0.227 e. The zero-order valence-electron chi connectivity index (χ0n) is 9.95. The van der Waals surface area contributed by atoms with Crippen molar-refractivity contribution in [2.75, 3.05) is 13.2 Å². The van der Waals surface area contributed by atoms with Crippen molar-refractivity contribution in [3.63, 3.8) is 0 Å². The minimum atomic E-state index is -0.141. The summed E-state index contributed by atoms with van der Waals surface area (Å²) in [6, 6.07) is 0.227. The minimum absolute atomic E-state index is 0.0871. The molecule has 0 spiro atoms. The Labute approximate surface area is 96.9 Å². The largest absolute Gasteiger partial charge is 0.379 e. The summed E-state index contributed by atoms with van der Waals surface area (Å²) in [5.41, 5.74) is 5.83. The summed E-state index contributed by atoms with van der Waals surface area (Å²) in [5, 5.41) is 3.12. The van der Waals surface area contributed by atoms with Gasteiger partial charge < -0.3 is 15.8 Å². The smallest absolute Gasteiger partial charge is 0.227 e. The Kier molecular flexibility index (Phi) is 3.82. The number of rotatable bonds is 2. The van der Waals surface area contributed by atoms with Crippen LogP contribution in [-0.2, 0) is 9.53 Å². The van der Waals surface area contributed by atoms with E-state index in [1.54, 1.807) is 0 Å². The van der Waals surface area contributed by atoms with Crippen molar-refractivity contribution in [1.29, 1.82) is 0 Å². The number of nitrogens with two attached hydrogens (primary N) is 1. The predicted octanol–water partition coefficient (Wildman–Crippen LogP) is 0.655. The van der Waals surface area contributed by atoms with E-state index in [2.05, 4.69) is 12.2 Å². The van der Waals surface area contributed by atoms with E-state index in [0.717, 1.165) is 18.8 Å². The fourth-order valence-corrected chi connectivity index (χ4v) is 2.71. The molecule has 2 fully saturated rings. The van der Waals surface area contributed by atoms with E-state index in [9.17, 15) is 4.79 Å². The van der Waals surface area contributed by atoms with Gasteiger partial charge in [-0.1, -0.05) is 19.8 Å². The van der Waals surface area contributed by atoms with E-state index >= 15 is 0 Å². The first kappa shape index (κ1) is 11.9. The summed E-state index contributed by atoms with van der Waals surface area (Å²) >= 11 is 0. The van der Waals surface area contributed by atoms with Crippen LogP contribution in [0, 0.1) is 11.8 Å². The first-order valence-electron chi connectivity index (χ1n) is 6.30. The third-order valence-corrected chi connectivity index (χ3v) is 3.74. The zero-order valence-corrected chi connectivity index (χ0v) is 9.95. The van der Waals surface area contributed by atoms with Gasteiger partial charge in [0.1, 0.15) is 0 Å². The van der Waals surface area contributed by atoms with Gasteiger partial charge in [-0.05, 0) is 18.8 Å². The lowest BCUT2D eigenvalue weighted by atomic mass is 9.86. The van der Waals surface area contributed by atoms with E-state index < -0.39 is 0 Å². The second kappa shape index (κ2) is 5.15. The molecule has 2 rings (SSSR count). The standard InChI is InChI=1S/C12H22N2O2/c1-8-3-2-4-9(5-8)14-12(15)10-6-16-7-11(10)13/h8-11H,2-7,13H2,1H3,(H,14,15). The van der Waals surface area contributed by atoms with E-state index in [-0.39, 0.29) is 17.9 Å². The predicted molar refractivity (Wildman–Crippen MR) is 61.8 cm³/mol. The van der Waals surface area contributed by atoms with Gasteiger partial charge in [-0.3, -0.25) is 4.79 Å². The average Bonchev–Trinajstić information content (AvgIpc) is 2.64. The summed E-state index contributed by atoms with van der Waals surface area (Å²) in [6.45, 7) is 3.25. The van der Waals surface area contributed by atoms with E-state index in [0.29, 0.717) is 19.3 Å². The molecule has 0 aromatic heterocycles. The van der Waals surface area contributed by atoms with E-state index in [1.165, 1.54) is 12.8 Å². The van der Waals surface area contributed by atoms with Gasteiger partial charge in [0.05, 0.1) is 19.1 Å². The van der Waals surface area contributed by atoms with Crippen molar-refractivity contribution in [3.05, 3.63) is 0 Å². The molecular formula is C12H22N2O2. The number of amides is 1. The van der Waals surface area contributed by atoms with Gasteiger partial charge in [-0.2, -0.15) is 0 Å². The van der Waals surface area contributed by atoms with Crippen LogP contribution in [0.5, 0.6) is 0 Å². The van der Waals surface area contributed by atoms with Crippen molar-refractivity contribution in [2.45, 2.75) is 44.7 Å². The Bertz CT molecular complexity index is 257. The molecule has 1 saturated heterocycles. The second-order valence-electron chi connectivity index (χ2n) is 5.29. The van der Waals surface area contributed by atoms with Gasteiger partial charge in [0.25, 0.3) is 0 Å². The summed E-state index contributed by atoms with van der Waals surface area (Å²) in [7, 11) is 0. The molecule has 0 aromatic carbocycles. The fourth-order valence-electron chi connectivity index (χ4n) is 2.71. The lowest BCUT2D eigenvalue weighted by Gasteiger charge is -2.28. The van der Waals surface area contributed by atoms with Crippen molar-refractivity contribution in [2.24, 2.45) is 17.6 Å². The van der Waals surface area contributed by atoms with Crippen LogP contribution in [0.1, 0.15) is 32.6 Å². The highest BCUT2D eigenvalue weighted by molar-refractivity contribution is 5.80. The molecule has 1 heterocycles. The van der Waals surface area contributed by atoms with Gasteiger partial charge >= 0.3 is 0 Å². The molecule has 0 radical (unpaired) electrons. The molecule has 92 valence electrons. The lowest BCUT2D eigenvalue weighted by Crippen LogP contribution is -2.46. The molecule has 4 atom stereocenters. The number of hydrogen-bond donors (Lipinski definition) is 2. The number of carbonyl (C=O) groups excluding carboxylic acids is 1. The average molecular weight is 226 g/mol. The Balaban J connectivity index is 1.82. The van der Waals surface area contributed by atoms with Gasteiger partial charge in [0, 0.05) is 12.1 Å². The molecule has 1 amide bonds. The van der Waals surface area contributed by atoms with Crippen LogP contribution >= 0.6 is 0 Å². The fraction of sp³-hybridized carbons (Fsp3) is 0.917. The number of hydrogen-bond acceptors (Lipinski definition) is 3. The van der Waals surface area contributed by atoms with Crippen molar-refractivity contribution in [1.82, 2.24) is 5.32 Å². The third-order valence-electron chi connectivity index (χ3n) is 3.74. The highest BCUT2D eigenvalue weighted by atomic mass is 16.5. The van der Waals surface area contributed by atoms with Gasteiger partial charge in [-0.25, -0.2) is 0 Å². The number of carbonyl (C=O) groups is 1. The third kappa shape index (κ3) is 2.74. The zero-order chi connectivity index (χ0) is 11.5. The molecule has 3 N–H and O–H groups in total. The molecule has 16 heavy (non-hydrogen) atoms. The van der Waals surface area contributed by atoms with Crippen LogP contribution < -0.4 is 11.1 Å². The van der Waals surface area contributed by atoms with Crippen LogP contribution in [-0.4, -0.2) is 31.2 Å². The van der Waals surface area contributed by atoms with Crippen molar-refractivity contribution < 1.29 is 9.53 Å². The normalized spacial score (nSPS) is 39.6. The molecule has 0 aromatic rings. The van der Waals surface area contributed by atoms with Crippen molar-refractivity contribution in [3.8, 4) is 0 Å². The SMILES string of the molecule is CC1CCCC(NC(=O)C2COCC2N)C1. The Morgan fingerprint density at radius 3 is 2.81 bits per heavy atom. The quantitative estimate of drug-likeness (QED) is 0.727. The molecule has 1 saturated carbocycles. The van der Waals surface area contributed by atoms with Crippen molar-refractivity contribution >= 4 is 5.91 Å². The summed E-state index contributed by atoms with van der Waals surface area (Å²) in [5.74, 6) is 0.675. The first-order chi connectivity index (χ1) is 7.66. The van der Waals surface area contributed by atoms with Crippen LogP contribution in [0.25, 0.3) is 0 Å². The summed E-state index contributed by atoms with van der Waals surface area (Å²) in [4.78, 5) is 12.0. The highest BCUT2D eigenvalue weighted by Crippen LogP contribution is 2.24. The number of ether oxygens (including phenoxy) is 1. The molecule has 4 unspecified atom stereocenters. The first-order valence-corrected chi connectivity index (χ1v) is 6.30. The molecule has 1 aliphatic heterocycles. The molecular weight excluding hydrogens is 204 g/mol. The highest BCUT2D eigenvalue weighted by Gasteiger charge is 2.32. The van der Waals surface area contributed by atoms with Crippen LogP contribution in [0.2, 0.25) is 0 Å². The molecule has 4 nitrogen and oxygen atoms in total.